The molecule has 1 unspecified atom stereocenters. The van der Waals surface area contributed by atoms with Crippen molar-refractivity contribution in [2.45, 2.75) is 44.2 Å². The van der Waals surface area contributed by atoms with Crippen molar-refractivity contribution in [1.29, 1.82) is 0 Å². The fourth-order valence-electron chi connectivity index (χ4n) is 2.91. The molecule has 3 rings (SSSR count). The first kappa shape index (κ1) is 20.5. The number of thiol groups is 1. The molecular weight excluding hydrogens is 396 g/mol. The molecule has 0 aromatic carbocycles. The van der Waals surface area contributed by atoms with Crippen molar-refractivity contribution in [1.82, 2.24) is 20.3 Å². The number of aldehydes is 1. The van der Waals surface area contributed by atoms with Gasteiger partial charge in [-0.05, 0) is 56.3 Å². The molecule has 9 heteroatoms. The van der Waals surface area contributed by atoms with E-state index in [0.717, 1.165) is 10.6 Å². The van der Waals surface area contributed by atoms with Crippen molar-refractivity contribution in [3.63, 3.8) is 0 Å². The molecule has 0 radical (unpaired) electrons. The second kappa shape index (κ2) is 8.87. The predicted octanol–water partition coefficient (Wildman–Crippen LogP) is 3.38. The molecular formula is C19H23ClN6OS. The van der Waals surface area contributed by atoms with Crippen LogP contribution in [-0.4, -0.2) is 40.2 Å². The molecule has 0 amide bonds. The molecule has 1 aliphatic rings. The molecule has 2 aromatic rings. The molecule has 148 valence electrons. The Hall–Kier alpha value is -2.19. The molecule has 7 nitrogen and oxygen atoms in total. The number of nitrogens with zero attached hydrogens (tertiary/aromatic N) is 5. The van der Waals surface area contributed by atoms with Crippen molar-refractivity contribution in [2.75, 3.05) is 11.9 Å². The zero-order chi connectivity index (χ0) is 20.3. The van der Waals surface area contributed by atoms with E-state index in [1.165, 1.54) is 12.8 Å². The molecule has 28 heavy (non-hydrogen) atoms. The molecule has 0 bridgehead atoms. The van der Waals surface area contributed by atoms with E-state index in [4.69, 9.17) is 11.6 Å². The average Bonchev–Trinajstić information content (AvgIpc) is 3.51. The fraction of sp³-hybridized carbons (Fsp3) is 0.421. The molecule has 0 saturated heterocycles. The Labute approximate surface area is 175 Å². The van der Waals surface area contributed by atoms with E-state index in [9.17, 15) is 4.79 Å². The summed E-state index contributed by atoms with van der Waals surface area (Å²) in [5.74, 6) is 1.44. The summed E-state index contributed by atoms with van der Waals surface area (Å²) in [7, 11) is 1.97. The third kappa shape index (κ3) is 4.99. The summed E-state index contributed by atoms with van der Waals surface area (Å²) in [6, 6.07) is 3.98. The van der Waals surface area contributed by atoms with Crippen LogP contribution in [0.2, 0.25) is 5.28 Å². The van der Waals surface area contributed by atoms with Gasteiger partial charge >= 0.3 is 0 Å². The van der Waals surface area contributed by atoms with E-state index >= 15 is 0 Å². The van der Waals surface area contributed by atoms with Gasteiger partial charge in [-0.1, -0.05) is 0 Å². The highest BCUT2D eigenvalue weighted by molar-refractivity contribution is 7.80. The van der Waals surface area contributed by atoms with Crippen LogP contribution in [0.3, 0.4) is 0 Å². The summed E-state index contributed by atoms with van der Waals surface area (Å²) in [6.45, 7) is 4.33. The minimum atomic E-state index is 0.165. The monoisotopic (exact) mass is 418 g/mol. The maximum Gasteiger partial charge on any atom is 0.224 e. The van der Waals surface area contributed by atoms with Crippen LogP contribution >= 0.6 is 24.2 Å². The topological polar surface area (TPSA) is 83.4 Å². The standard InChI is InChI=1S/C19H23ClN6OS/c1-11-17(18(25-19(20)23-11)26(3)12(2)13-4-5-13)24-16(10-27)22-8-14-6-7-15(28)9-21-14/h6-7,9-10,12-13,28H,4-5,8H2,1-3H3,(H,22,24). The quantitative estimate of drug-likeness (QED) is 0.236. The molecule has 0 aliphatic heterocycles. The normalized spacial score (nSPS) is 15.2. The molecule has 1 saturated carbocycles. The highest BCUT2D eigenvalue weighted by atomic mass is 35.5. The summed E-state index contributed by atoms with van der Waals surface area (Å²) in [5.41, 5.74) is 1.92. The van der Waals surface area contributed by atoms with Gasteiger partial charge in [0.25, 0.3) is 0 Å². The highest BCUT2D eigenvalue weighted by Crippen LogP contribution is 2.39. The van der Waals surface area contributed by atoms with Crippen LogP contribution in [-0.2, 0) is 11.3 Å². The average molecular weight is 419 g/mol. The number of aryl methyl sites for hydroxylation is 1. The summed E-state index contributed by atoms with van der Waals surface area (Å²) in [4.78, 5) is 31.8. The number of aliphatic imine (C=N–C) groups is 1. The second-order valence-corrected chi connectivity index (χ2v) is 7.77. The molecule has 1 N–H and O–H groups in total. The smallest absolute Gasteiger partial charge is 0.224 e. The lowest BCUT2D eigenvalue weighted by atomic mass is 10.2. The Kier molecular flexibility index (Phi) is 6.51. The van der Waals surface area contributed by atoms with Gasteiger partial charge < -0.3 is 10.2 Å². The van der Waals surface area contributed by atoms with Gasteiger partial charge in [-0.25, -0.2) is 9.98 Å². The van der Waals surface area contributed by atoms with Crippen molar-refractivity contribution in [3.8, 4) is 0 Å². The lowest BCUT2D eigenvalue weighted by Gasteiger charge is -2.27. The van der Waals surface area contributed by atoms with Crippen LogP contribution in [0.15, 0.2) is 28.2 Å². The maximum atomic E-state index is 11.6. The third-order valence-corrected chi connectivity index (χ3v) is 5.30. The van der Waals surface area contributed by atoms with Crippen molar-refractivity contribution in [2.24, 2.45) is 10.9 Å². The largest absolute Gasteiger partial charge is 0.362 e. The predicted molar refractivity (Wildman–Crippen MR) is 114 cm³/mol. The summed E-state index contributed by atoms with van der Waals surface area (Å²) < 4.78 is 0. The number of nitrogens with one attached hydrogen (secondary N) is 1. The van der Waals surface area contributed by atoms with Crippen molar-refractivity contribution in [3.05, 3.63) is 35.0 Å². The van der Waals surface area contributed by atoms with Crippen LogP contribution in [0, 0.1) is 12.8 Å². The summed E-state index contributed by atoms with van der Waals surface area (Å²) in [5, 5.41) is 3.18. The number of hydrogen-bond donors (Lipinski definition) is 2. The van der Waals surface area contributed by atoms with Gasteiger partial charge in [0.1, 0.15) is 5.69 Å². The maximum absolute atomic E-state index is 11.6. The Morgan fingerprint density at radius 1 is 1.46 bits per heavy atom. The lowest BCUT2D eigenvalue weighted by molar-refractivity contribution is -0.102. The Bertz CT molecular complexity index is 885. The fourth-order valence-corrected chi connectivity index (χ4v) is 3.25. The van der Waals surface area contributed by atoms with Crippen LogP contribution in [0.25, 0.3) is 0 Å². The highest BCUT2D eigenvalue weighted by Gasteiger charge is 2.32. The zero-order valence-corrected chi connectivity index (χ0v) is 17.7. The molecule has 0 spiro atoms. The molecule has 2 aromatic heterocycles. The third-order valence-electron chi connectivity index (χ3n) is 4.87. The summed E-state index contributed by atoms with van der Waals surface area (Å²) >= 11 is 10.3. The molecule has 1 atom stereocenters. The Morgan fingerprint density at radius 3 is 2.82 bits per heavy atom. The van der Waals surface area contributed by atoms with Crippen LogP contribution in [0.5, 0.6) is 0 Å². The minimum Gasteiger partial charge on any atom is -0.362 e. The SMILES string of the molecule is Cc1nc(Cl)nc(N(C)C(C)C2CC2)c1/N=C(\C=O)NCc1ccc(S)cn1. The second-order valence-electron chi connectivity index (χ2n) is 6.92. The van der Waals surface area contributed by atoms with Gasteiger partial charge in [0.15, 0.2) is 17.9 Å². The van der Waals surface area contributed by atoms with E-state index in [2.05, 4.69) is 49.7 Å². The first-order valence-electron chi connectivity index (χ1n) is 9.07. The van der Waals surface area contributed by atoms with E-state index in [-0.39, 0.29) is 11.1 Å². The van der Waals surface area contributed by atoms with Gasteiger partial charge in [0, 0.05) is 24.2 Å². The van der Waals surface area contributed by atoms with Crippen LogP contribution in [0.1, 0.15) is 31.2 Å². The number of pyridine rings is 1. The Morgan fingerprint density at radius 2 is 2.21 bits per heavy atom. The van der Waals surface area contributed by atoms with Gasteiger partial charge in [-0.2, -0.15) is 4.98 Å². The Balaban J connectivity index is 1.87. The van der Waals surface area contributed by atoms with Crippen LogP contribution in [0.4, 0.5) is 11.5 Å². The van der Waals surface area contributed by atoms with Gasteiger partial charge in [-0.3, -0.25) is 9.78 Å². The van der Waals surface area contributed by atoms with Crippen molar-refractivity contribution >= 4 is 47.9 Å². The zero-order valence-electron chi connectivity index (χ0n) is 16.1. The number of carbonyl (C=O) groups is 1. The number of carbonyl (C=O) groups excluding carboxylic acids is 1. The molecule has 1 fully saturated rings. The first-order chi connectivity index (χ1) is 13.4. The molecule has 1 aliphatic carbocycles. The molecule has 2 heterocycles. The van der Waals surface area contributed by atoms with E-state index in [0.29, 0.717) is 42.0 Å². The minimum absolute atomic E-state index is 0.165. The number of amidine groups is 1. The van der Waals surface area contributed by atoms with E-state index in [1.807, 2.05) is 19.2 Å². The lowest BCUT2D eigenvalue weighted by Crippen LogP contribution is -2.32. The van der Waals surface area contributed by atoms with Crippen LogP contribution < -0.4 is 10.2 Å². The van der Waals surface area contributed by atoms with Crippen molar-refractivity contribution < 1.29 is 4.79 Å². The van der Waals surface area contributed by atoms with Gasteiger partial charge in [0.05, 0.1) is 17.9 Å². The van der Waals surface area contributed by atoms with Gasteiger partial charge in [-0.15, -0.1) is 12.6 Å². The van der Waals surface area contributed by atoms with E-state index < -0.39 is 0 Å². The number of aromatic nitrogens is 3. The number of halogens is 1. The first-order valence-corrected chi connectivity index (χ1v) is 9.90. The number of rotatable bonds is 7. The number of hydrogen-bond acceptors (Lipinski definition) is 7. The van der Waals surface area contributed by atoms with Gasteiger partial charge in [0.2, 0.25) is 5.28 Å². The van der Waals surface area contributed by atoms with E-state index in [1.54, 1.807) is 13.1 Å². The number of anilines is 1. The summed E-state index contributed by atoms with van der Waals surface area (Å²) in [6.07, 6.45) is 4.75.